The molecule has 2 aliphatic rings. The molecule has 8 nitrogen and oxygen atoms in total. The van der Waals surface area contributed by atoms with E-state index in [0.29, 0.717) is 29.2 Å². The number of likely N-dealkylation sites (tertiary alicyclic amines) is 1. The van der Waals surface area contributed by atoms with Crippen molar-refractivity contribution in [2.24, 2.45) is 0 Å². The van der Waals surface area contributed by atoms with Crippen LogP contribution in [0.25, 0.3) is 0 Å². The van der Waals surface area contributed by atoms with Gasteiger partial charge in [-0.2, -0.15) is 0 Å². The maximum atomic E-state index is 13.6. The number of carbonyl (C=O) groups is 3. The van der Waals surface area contributed by atoms with E-state index in [9.17, 15) is 14.4 Å². The first-order chi connectivity index (χ1) is 17.9. The first-order valence-corrected chi connectivity index (χ1v) is 12.1. The fourth-order valence-corrected chi connectivity index (χ4v) is 5.03. The van der Waals surface area contributed by atoms with Gasteiger partial charge in [0, 0.05) is 18.2 Å². The zero-order chi connectivity index (χ0) is 26.1. The quantitative estimate of drug-likeness (QED) is 0.329. The summed E-state index contributed by atoms with van der Waals surface area (Å²) in [7, 11) is 3.13. The number of rotatable bonds is 9. The first kappa shape index (κ1) is 24.5. The van der Waals surface area contributed by atoms with Crippen LogP contribution in [-0.4, -0.2) is 59.9 Å². The second-order valence-corrected chi connectivity index (χ2v) is 9.11. The molecule has 3 atom stereocenters. The van der Waals surface area contributed by atoms with E-state index in [1.807, 2.05) is 43.3 Å². The van der Waals surface area contributed by atoms with E-state index in [4.69, 9.17) is 14.2 Å². The summed E-state index contributed by atoms with van der Waals surface area (Å²) in [5.74, 6) is -0.0159. The molecule has 1 saturated heterocycles. The highest BCUT2D eigenvalue weighted by Gasteiger charge is 2.58. The third-order valence-electron chi connectivity index (χ3n) is 6.99. The Morgan fingerprint density at radius 3 is 2.11 bits per heavy atom. The average molecular weight is 501 g/mol. The number of hydrogen-bond donors (Lipinski definition) is 0. The van der Waals surface area contributed by atoms with E-state index in [2.05, 4.69) is 0 Å². The molecule has 0 unspecified atom stereocenters. The zero-order valence-electron chi connectivity index (χ0n) is 20.9. The lowest BCUT2D eigenvalue weighted by Gasteiger charge is -2.51. The van der Waals surface area contributed by atoms with Gasteiger partial charge in [0.2, 0.25) is 5.91 Å². The van der Waals surface area contributed by atoms with Gasteiger partial charge in [-0.05, 0) is 36.8 Å². The van der Waals surface area contributed by atoms with Crippen LogP contribution in [0.5, 0.6) is 11.5 Å². The molecule has 0 bridgehead atoms. The van der Waals surface area contributed by atoms with Crippen LogP contribution in [0.1, 0.15) is 38.8 Å². The van der Waals surface area contributed by atoms with Crippen LogP contribution in [0.15, 0.2) is 72.8 Å². The van der Waals surface area contributed by atoms with Crippen LogP contribution < -0.4 is 9.47 Å². The van der Waals surface area contributed by atoms with Crippen LogP contribution in [0.4, 0.5) is 0 Å². The Labute approximate surface area is 215 Å². The summed E-state index contributed by atoms with van der Waals surface area (Å²) in [4.78, 5) is 42.8. The van der Waals surface area contributed by atoms with Crippen molar-refractivity contribution < 1.29 is 28.6 Å². The minimum atomic E-state index is -0.956. The van der Waals surface area contributed by atoms with Crippen LogP contribution in [0, 0.1) is 0 Å². The molecule has 5 rings (SSSR count). The normalized spacial score (nSPS) is 19.5. The summed E-state index contributed by atoms with van der Waals surface area (Å²) in [6, 6.07) is 20.3. The maximum absolute atomic E-state index is 13.6. The van der Waals surface area contributed by atoms with E-state index < -0.39 is 30.0 Å². The molecular formula is C29H28N2O6. The molecule has 0 aromatic heterocycles. The number of imide groups is 1. The molecule has 3 amide bonds. The fraction of sp³-hybridized carbons (Fsp3) is 0.276. The number of amides is 3. The van der Waals surface area contributed by atoms with Crippen molar-refractivity contribution in [1.82, 2.24) is 9.80 Å². The third-order valence-corrected chi connectivity index (χ3v) is 6.99. The number of nitrogens with zero attached hydrogens (tertiary/aromatic N) is 2. The topological polar surface area (TPSA) is 85.4 Å². The second-order valence-electron chi connectivity index (χ2n) is 9.11. The Morgan fingerprint density at radius 1 is 0.838 bits per heavy atom. The average Bonchev–Trinajstić information content (AvgIpc) is 3.18. The monoisotopic (exact) mass is 500 g/mol. The number of benzene rings is 3. The predicted molar refractivity (Wildman–Crippen MR) is 135 cm³/mol. The molecule has 0 N–H and O–H groups in total. The standard InChI is InChI=1S/C29H28N2O6/c1-18(37-17-19-9-5-4-6-10-19)25-26(31-27(32)22-11-7-8-12-23(22)28(31)33)29(34)30(25)16-20-13-14-21(35-2)15-24(20)36-3/h4-15,18,25-26H,16-17H2,1-3H3/t18-,25+,26-/m0/s1. The van der Waals surface area contributed by atoms with Crippen LogP contribution in [0.2, 0.25) is 0 Å². The molecule has 37 heavy (non-hydrogen) atoms. The Kier molecular flexibility index (Phi) is 6.67. The number of β-lactam (4-membered cyclic amide) rings is 1. The van der Waals surface area contributed by atoms with Crippen molar-refractivity contribution in [2.45, 2.75) is 38.3 Å². The Morgan fingerprint density at radius 2 is 1.49 bits per heavy atom. The molecular weight excluding hydrogens is 472 g/mol. The zero-order valence-corrected chi connectivity index (χ0v) is 20.9. The minimum Gasteiger partial charge on any atom is -0.497 e. The molecule has 0 spiro atoms. The summed E-state index contributed by atoms with van der Waals surface area (Å²) >= 11 is 0. The molecule has 2 aliphatic heterocycles. The van der Waals surface area contributed by atoms with E-state index in [1.165, 1.54) is 0 Å². The van der Waals surface area contributed by atoms with Crippen LogP contribution >= 0.6 is 0 Å². The second kappa shape index (κ2) is 10.1. The molecule has 1 fully saturated rings. The lowest BCUT2D eigenvalue weighted by Crippen LogP contribution is -2.74. The van der Waals surface area contributed by atoms with E-state index in [0.717, 1.165) is 16.0 Å². The number of methoxy groups -OCH3 is 2. The predicted octanol–water partition coefficient (Wildman–Crippen LogP) is 3.68. The molecule has 3 aromatic rings. The molecule has 0 radical (unpaired) electrons. The van der Waals surface area contributed by atoms with Crippen molar-refractivity contribution in [3.8, 4) is 11.5 Å². The lowest BCUT2D eigenvalue weighted by molar-refractivity contribution is -0.168. The highest BCUT2D eigenvalue weighted by atomic mass is 16.5. The summed E-state index contributed by atoms with van der Waals surface area (Å²) in [6.45, 7) is 2.43. The highest BCUT2D eigenvalue weighted by molar-refractivity contribution is 6.23. The maximum Gasteiger partial charge on any atom is 0.262 e. The van der Waals surface area contributed by atoms with Gasteiger partial charge in [-0.25, -0.2) is 0 Å². The van der Waals surface area contributed by atoms with Gasteiger partial charge in [0.25, 0.3) is 11.8 Å². The molecule has 0 saturated carbocycles. The molecule has 0 aliphatic carbocycles. The van der Waals surface area contributed by atoms with Crippen molar-refractivity contribution in [1.29, 1.82) is 0 Å². The number of hydrogen-bond acceptors (Lipinski definition) is 6. The molecule has 2 heterocycles. The smallest absolute Gasteiger partial charge is 0.262 e. The highest BCUT2D eigenvalue weighted by Crippen LogP contribution is 2.37. The third kappa shape index (κ3) is 4.34. The van der Waals surface area contributed by atoms with Crippen molar-refractivity contribution in [3.05, 3.63) is 95.1 Å². The minimum absolute atomic E-state index is 0.232. The van der Waals surface area contributed by atoms with Gasteiger partial charge in [0.05, 0.1) is 44.1 Å². The SMILES string of the molecule is COc1ccc(CN2C(=O)[C@@H](N3C(=O)c4ccccc4C3=O)[C@H]2[C@H](C)OCc2ccccc2)c(OC)c1. The van der Waals surface area contributed by atoms with Gasteiger partial charge in [-0.3, -0.25) is 19.3 Å². The fourth-order valence-electron chi connectivity index (χ4n) is 5.03. The van der Waals surface area contributed by atoms with E-state index in [1.54, 1.807) is 55.5 Å². The van der Waals surface area contributed by atoms with Gasteiger partial charge in [-0.1, -0.05) is 42.5 Å². The number of fused-ring (bicyclic) bond motifs is 1. The summed E-state index contributed by atoms with van der Waals surface area (Å²) in [6.07, 6.45) is -0.462. The first-order valence-electron chi connectivity index (χ1n) is 12.1. The Hall–Kier alpha value is -4.17. The summed E-state index contributed by atoms with van der Waals surface area (Å²) < 4.78 is 17.0. The van der Waals surface area contributed by atoms with Gasteiger partial charge < -0.3 is 19.1 Å². The number of carbonyl (C=O) groups excluding carboxylic acids is 3. The lowest BCUT2D eigenvalue weighted by atomic mass is 9.88. The van der Waals surface area contributed by atoms with Crippen molar-refractivity contribution in [3.63, 3.8) is 0 Å². The van der Waals surface area contributed by atoms with Crippen molar-refractivity contribution in [2.75, 3.05) is 14.2 Å². The van der Waals surface area contributed by atoms with Crippen LogP contribution in [0.3, 0.4) is 0 Å². The Bertz CT molecular complexity index is 1310. The van der Waals surface area contributed by atoms with Crippen LogP contribution in [-0.2, 0) is 22.7 Å². The summed E-state index contributed by atoms with van der Waals surface area (Å²) in [5.41, 5.74) is 2.39. The molecule has 190 valence electrons. The Balaban J connectivity index is 1.44. The van der Waals surface area contributed by atoms with Gasteiger partial charge in [-0.15, -0.1) is 0 Å². The van der Waals surface area contributed by atoms with Gasteiger partial charge in [0.15, 0.2) is 0 Å². The van der Waals surface area contributed by atoms with E-state index in [-0.39, 0.29) is 12.5 Å². The molecule has 3 aromatic carbocycles. The van der Waals surface area contributed by atoms with Gasteiger partial charge >= 0.3 is 0 Å². The van der Waals surface area contributed by atoms with Gasteiger partial charge in [0.1, 0.15) is 17.5 Å². The summed E-state index contributed by atoms with van der Waals surface area (Å²) in [5, 5.41) is 0. The molecule has 8 heteroatoms. The number of ether oxygens (including phenoxy) is 3. The van der Waals surface area contributed by atoms with Crippen molar-refractivity contribution >= 4 is 17.7 Å². The van der Waals surface area contributed by atoms with E-state index >= 15 is 0 Å². The largest absolute Gasteiger partial charge is 0.497 e.